The van der Waals surface area contributed by atoms with Gasteiger partial charge >= 0.3 is 0 Å². The molecule has 1 aliphatic carbocycles. The molecular weight excluding hydrogens is 284 g/mol. The van der Waals surface area contributed by atoms with Gasteiger partial charge in [-0.3, -0.25) is 4.72 Å². The molecule has 2 aromatic carbocycles. The second kappa shape index (κ2) is 5.41. The van der Waals surface area contributed by atoms with Crippen molar-refractivity contribution in [3.8, 4) is 0 Å². The van der Waals surface area contributed by atoms with Crippen LogP contribution in [0.2, 0.25) is 0 Å². The monoisotopic (exact) mass is 302 g/mol. The van der Waals surface area contributed by atoms with Gasteiger partial charge in [0.1, 0.15) is 0 Å². The highest BCUT2D eigenvalue weighted by Gasteiger charge is 2.20. The fraction of sp³-hybridized carbons (Fsp3) is 0.250. The van der Waals surface area contributed by atoms with Gasteiger partial charge in [-0.1, -0.05) is 24.3 Å². The lowest BCUT2D eigenvalue weighted by atomic mass is 10.1. The van der Waals surface area contributed by atoms with Crippen molar-refractivity contribution in [2.24, 2.45) is 0 Å². The van der Waals surface area contributed by atoms with Crippen LogP contribution < -0.4 is 10.0 Å². The molecule has 0 radical (unpaired) electrons. The molecule has 0 atom stereocenters. The Balaban J connectivity index is 1.65. The molecule has 110 valence electrons. The van der Waals surface area contributed by atoms with Gasteiger partial charge in [0.05, 0.1) is 6.26 Å². The number of hydrogen-bond donors (Lipinski definition) is 2. The maximum absolute atomic E-state index is 11.2. The molecule has 0 heterocycles. The third-order valence-corrected chi connectivity index (χ3v) is 4.22. The quantitative estimate of drug-likeness (QED) is 0.913. The average Bonchev–Trinajstić information content (AvgIpc) is 2.81. The van der Waals surface area contributed by atoms with Crippen molar-refractivity contribution in [1.29, 1.82) is 0 Å². The molecule has 3 rings (SSSR count). The van der Waals surface area contributed by atoms with E-state index in [9.17, 15) is 8.42 Å². The zero-order valence-electron chi connectivity index (χ0n) is 11.8. The number of rotatable bonds is 4. The number of fused-ring (bicyclic) bond motifs is 1. The maximum Gasteiger partial charge on any atom is 0.229 e. The van der Waals surface area contributed by atoms with E-state index in [-0.39, 0.29) is 0 Å². The van der Waals surface area contributed by atoms with Crippen molar-refractivity contribution in [3.63, 3.8) is 0 Å². The minimum atomic E-state index is -3.22. The van der Waals surface area contributed by atoms with Crippen LogP contribution in [0.3, 0.4) is 0 Å². The first-order valence-corrected chi connectivity index (χ1v) is 8.80. The number of sulfonamides is 1. The van der Waals surface area contributed by atoms with E-state index >= 15 is 0 Å². The summed E-state index contributed by atoms with van der Waals surface area (Å²) in [5.74, 6) is 0. The van der Waals surface area contributed by atoms with Gasteiger partial charge in [0.15, 0.2) is 0 Å². The lowest BCUT2D eigenvalue weighted by molar-refractivity contribution is 0.607. The predicted molar refractivity (Wildman–Crippen MR) is 86.2 cm³/mol. The van der Waals surface area contributed by atoms with E-state index < -0.39 is 10.0 Å². The van der Waals surface area contributed by atoms with E-state index in [1.165, 1.54) is 11.1 Å². The van der Waals surface area contributed by atoms with Gasteiger partial charge in [0.2, 0.25) is 10.0 Å². The molecule has 0 aromatic heterocycles. The first-order chi connectivity index (χ1) is 9.99. The zero-order valence-corrected chi connectivity index (χ0v) is 12.7. The SMILES string of the molecule is CS(=O)(=O)Nc1ccc(NC2Cc3ccccc3C2)cc1. The topological polar surface area (TPSA) is 58.2 Å². The molecule has 0 spiro atoms. The molecule has 0 amide bonds. The predicted octanol–water partition coefficient (Wildman–Crippen LogP) is 2.64. The van der Waals surface area contributed by atoms with E-state index in [1.807, 2.05) is 12.1 Å². The van der Waals surface area contributed by atoms with Crippen LogP contribution in [-0.2, 0) is 22.9 Å². The molecule has 21 heavy (non-hydrogen) atoms. The Morgan fingerprint density at radius 3 is 1.95 bits per heavy atom. The third kappa shape index (κ3) is 3.55. The van der Waals surface area contributed by atoms with E-state index in [0.717, 1.165) is 24.8 Å². The summed E-state index contributed by atoms with van der Waals surface area (Å²) < 4.78 is 24.8. The van der Waals surface area contributed by atoms with Crippen LogP contribution in [0.4, 0.5) is 11.4 Å². The summed E-state index contributed by atoms with van der Waals surface area (Å²) in [7, 11) is -3.22. The van der Waals surface area contributed by atoms with Crippen LogP contribution in [0, 0.1) is 0 Å². The standard InChI is InChI=1S/C16H18N2O2S/c1-21(19,20)18-15-8-6-14(7-9-15)17-16-10-12-4-2-3-5-13(12)11-16/h2-9,16-18H,10-11H2,1H3. The minimum Gasteiger partial charge on any atom is -0.382 e. The smallest absolute Gasteiger partial charge is 0.229 e. The van der Waals surface area contributed by atoms with Gasteiger partial charge in [0, 0.05) is 17.4 Å². The molecule has 0 saturated heterocycles. The molecule has 2 aromatic rings. The number of anilines is 2. The largest absolute Gasteiger partial charge is 0.382 e. The van der Waals surface area contributed by atoms with Crippen molar-refractivity contribution in [2.45, 2.75) is 18.9 Å². The Labute approximate surface area is 125 Å². The minimum absolute atomic E-state index is 0.399. The van der Waals surface area contributed by atoms with Gasteiger partial charge in [0.25, 0.3) is 0 Å². The normalized spacial score (nSPS) is 14.7. The maximum atomic E-state index is 11.2. The molecule has 4 nitrogen and oxygen atoms in total. The summed E-state index contributed by atoms with van der Waals surface area (Å²) in [6, 6.07) is 16.2. The molecule has 0 unspecified atom stereocenters. The Hall–Kier alpha value is -2.01. The molecule has 5 heteroatoms. The highest BCUT2D eigenvalue weighted by molar-refractivity contribution is 7.92. The van der Waals surface area contributed by atoms with Crippen LogP contribution in [-0.4, -0.2) is 20.7 Å². The summed E-state index contributed by atoms with van der Waals surface area (Å²) in [5.41, 5.74) is 4.40. The van der Waals surface area contributed by atoms with Crippen molar-refractivity contribution in [3.05, 3.63) is 59.7 Å². The second-order valence-electron chi connectivity index (χ2n) is 5.47. The first kappa shape index (κ1) is 13.9. The fourth-order valence-electron chi connectivity index (χ4n) is 2.75. The van der Waals surface area contributed by atoms with Gasteiger partial charge in [-0.05, 0) is 48.2 Å². The van der Waals surface area contributed by atoms with Gasteiger partial charge < -0.3 is 5.32 Å². The Morgan fingerprint density at radius 1 is 0.905 bits per heavy atom. The zero-order chi connectivity index (χ0) is 14.9. The summed E-state index contributed by atoms with van der Waals surface area (Å²) in [5, 5.41) is 3.50. The van der Waals surface area contributed by atoms with E-state index in [2.05, 4.69) is 34.3 Å². The highest BCUT2D eigenvalue weighted by Crippen LogP contribution is 2.25. The van der Waals surface area contributed by atoms with Crippen molar-refractivity contribution < 1.29 is 8.42 Å². The van der Waals surface area contributed by atoms with E-state index in [4.69, 9.17) is 0 Å². The third-order valence-electron chi connectivity index (χ3n) is 3.61. The lowest BCUT2D eigenvalue weighted by Crippen LogP contribution is -2.19. The highest BCUT2D eigenvalue weighted by atomic mass is 32.2. The Kier molecular flexibility index (Phi) is 3.59. The summed E-state index contributed by atoms with van der Waals surface area (Å²) in [6.07, 6.45) is 3.20. The summed E-state index contributed by atoms with van der Waals surface area (Å²) in [6.45, 7) is 0. The van der Waals surface area contributed by atoms with E-state index in [0.29, 0.717) is 11.7 Å². The van der Waals surface area contributed by atoms with Crippen LogP contribution >= 0.6 is 0 Å². The molecular formula is C16H18N2O2S. The van der Waals surface area contributed by atoms with Crippen LogP contribution in [0.5, 0.6) is 0 Å². The van der Waals surface area contributed by atoms with Crippen LogP contribution in [0.25, 0.3) is 0 Å². The molecule has 0 saturated carbocycles. The molecule has 0 bridgehead atoms. The van der Waals surface area contributed by atoms with Gasteiger partial charge in [-0.15, -0.1) is 0 Å². The second-order valence-corrected chi connectivity index (χ2v) is 7.22. The molecule has 1 aliphatic rings. The van der Waals surface area contributed by atoms with Crippen LogP contribution in [0.1, 0.15) is 11.1 Å². The van der Waals surface area contributed by atoms with Gasteiger partial charge in [-0.25, -0.2) is 8.42 Å². The molecule has 0 fully saturated rings. The van der Waals surface area contributed by atoms with E-state index in [1.54, 1.807) is 12.1 Å². The molecule has 0 aliphatic heterocycles. The van der Waals surface area contributed by atoms with Crippen molar-refractivity contribution >= 4 is 21.4 Å². The first-order valence-electron chi connectivity index (χ1n) is 6.91. The average molecular weight is 302 g/mol. The summed E-state index contributed by atoms with van der Waals surface area (Å²) >= 11 is 0. The Morgan fingerprint density at radius 2 is 1.43 bits per heavy atom. The van der Waals surface area contributed by atoms with Crippen molar-refractivity contribution in [2.75, 3.05) is 16.3 Å². The van der Waals surface area contributed by atoms with Crippen LogP contribution in [0.15, 0.2) is 48.5 Å². The van der Waals surface area contributed by atoms with Crippen molar-refractivity contribution in [1.82, 2.24) is 0 Å². The fourth-order valence-corrected chi connectivity index (χ4v) is 3.31. The number of hydrogen-bond acceptors (Lipinski definition) is 3. The number of nitrogens with one attached hydrogen (secondary N) is 2. The molecule has 2 N–H and O–H groups in total. The van der Waals surface area contributed by atoms with Gasteiger partial charge in [-0.2, -0.15) is 0 Å². The number of benzene rings is 2. The summed E-state index contributed by atoms with van der Waals surface area (Å²) in [4.78, 5) is 0. The lowest BCUT2D eigenvalue weighted by Gasteiger charge is -2.14. The Bertz CT molecular complexity index is 714.